The Morgan fingerprint density at radius 1 is 1.33 bits per heavy atom. The van der Waals surface area contributed by atoms with Crippen molar-refractivity contribution in [2.45, 2.75) is 5.16 Å². The lowest BCUT2D eigenvalue weighted by molar-refractivity contribution is -0.118. The summed E-state index contributed by atoms with van der Waals surface area (Å²) in [6.45, 7) is 0. The lowest BCUT2D eigenvalue weighted by Crippen LogP contribution is -2.19. The zero-order valence-corrected chi connectivity index (χ0v) is 13.0. The summed E-state index contributed by atoms with van der Waals surface area (Å²) in [7, 11) is 0. The first-order valence-corrected chi connectivity index (χ1v) is 7.56. The number of halogens is 2. The Kier molecular flexibility index (Phi) is 5.98. The van der Waals surface area contributed by atoms with Crippen LogP contribution in [0.3, 0.4) is 0 Å². The van der Waals surface area contributed by atoms with Gasteiger partial charge in [-0.1, -0.05) is 41.0 Å². The second kappa shape index (κ2) is 7.97. The standard InChI is InChI=1S/C13H10Cl2N4OS/c14-10-3-2-9(11(15)6-10)7-18-19-12(20)8-21-13-16-4-1-5-17-13/h1-7H,8H2,(H,19,20). The molecule has 5 nitrogen and oxygen atoms in total. The molecule has 8 heteroatoms. The molecule has 1 aromatic carbocycles. The summed E-state index contributed by atoms with van der Waals surface area (Å²) in [5.41, 5.74) is 3.07. The number of nitrogens with zero attached hydrogens (tertiary/aromatic N) is 3. The fraction of sp³-hybridized carbons (Fsp3) is 0.0769. The number of hydrogen-bond donors (Lipinski definition) is 1. The van der Waals surface area contributed by atoms with Crippen molar-refractivity contribution in [1.82, 2.24) is 15.4 Å². The molecule has 1 heterocycles. The molecule has 0 spiro atoms. The van der Waals surface area contributed by atoms with E-state index in [4.69, 9.17) is 23.2 Å². The number of carbonyl (C=O) groups excluding carboxylic acids is 1. The third-order valence-corrected chi connectivity index (χ3v) is 3.67. The van der Waals surface area contributed by atoms with E-state index in [0.29, 0.717) is 20.8 Å². The lowest BCUT2D eigenvalue weighted by atomic mass is 10.2. The minimum atomic E-state index is -0.256. The van der Waals surface area contributed by atoms with Crippen molar-refractivity contribution < 1.29 is 4.79 Å². The zero-order chi connectivity index (χ0) is 15.1. The number of amides is 1. The van der Waals surface area contributed by atoms with E-state index in [2.05, 4.69) is 20.5 Å². The third-order valence-electron chi connectivity index (χ3n) is 2.23. The van der Waals surface area contributed by atoms with Crippen LogP contribution in [-0.4, -0.2) is 27.8 Å². The smallest absolute Gasteiger partial charge is 0.250 e. The minimum Gasteiger partial charge on any atom is -0.272 e. The van der Waals surface area contributed by atoms with Crippen molar-refractivity contribution in [2.24, 2.45) is 5.10 Å². The highest BCUT2D eigenvalue weighted by atomic mass is 35.5. The van der Waals surface area contributed by atoms with Gasteiger partial charge in [0.15, 0.2) is 5.16 Å². The van der Waals surface area contributed by atoms with E-state index in [1.54, 1.807) is 36.7 Å². The minimum absolute atomic E-state index is 0.176. The van der Waals surface area contributed by atoms with E-state index in [9.17, 15) is 4.79 Å². The summed E-state index contributed by atoms with van der Waals surface area (Å²) in [6, 6.07) is 6.73. The summed E-state index contributed by atoms with van der Waals surface area (Å²) in [5, 5.41) is 5.38. The van der Waals surface area contributed by atoms with Crippen molar-refractivity contribution in [3.8, 4) is 0 Å². The Hall–Kier alpha value is -1.63. The maximum atomic E-state index is 11.6. The fourth-order valence-electron chi connectivity index (χ4n) is 1.30. The summed E-state index contributed by atoms with van der Waals surface area (Å²) >= 11 is 13.0. The molecule has 0 unspecified atom stereocenters. The molecule has 0 radical (unpaired) electrons. The lowest BCUT2D eigenvalue weighted by Gasteiger charge is -2.00. The molecule has 0 saturated carbocycles. The number of aromatic nitrogens is 2. The normalized spacial score (nSPS) is 10.8. The Balaban J connectivity index is 1.82. The number of thioether (sulfide) groups is 1. The Morgan fingerprint density at radius 2 is 2.10 bits per heavy atom. The first kappa shape index (κ1) is 15.8. The van der Waals surface area contributed by atoms with Crippen molar-refractivity contribution in [3.05, 3.63) is 52.3 Å². The molecule has 0 bridgehead atoms. The first-order chi connectivity index (χ1) is 10.1. The quantitative estimate of drug-likeness (QED) is 0.393. The van der Waals surface area contributed by atoms with Gasteiger partial charge in [0.2, 0.25) is 0 Å². The molecule has 108 valence electrons. The molecule has 0 aliphatic carbocycles. The summed E-state index contributed by atoms with van der Waals surface area (Å²) < 4.78 is 0. The molecule has 1 aromatic heterocycles. The summed E-state index contributed by atoms with van der Waals surface area (Å²) in [6.07, 6.45) is 4.70. The van der Waals surface area contributed by atoms with E-state index in [-0.39, 0.29) is 11.7 Å². The number of hydrazone groups is 1. The molecule has 0 aliphatic rings. The van der Waals surface area contributed by atoms with Gasteiger partial charge in [-0.3, -0.25) is 4.79 Å². The van der Waals surface area contributed by atoms with Gasteiger partial charge in [-0.15, -0.1) is 0 Å². The fourth-order valence-corrected chi connectivity index (χ4v) is 2.36. The monoisotopic (exact) mass is 340 g/mol. The van der Waals surface area contributed by atoms with E-state index in [1.807, 2.05) is 0 Å². The van der Waals surface area contributed by atoms with Gasteiger partial charge < -0.3 is 0 Å². The zero-order valence-electron chi connectivity index (χ0n) is 10.7. The van der Waals surface area contributed by atoms with Crippen LogP contribution in [0.4, 0.5) is 0 Å². The molecule has 0 saturated heterocycles. The van der Waals surface area contributed by atoms with Crippen molar-refractivity contribution >= 4 is 47.1 Å². The molecule has 2 rings (SSSR count). The maximum absolute atomic E-state index is 11.6. The van der Waals surface area contributed by atoms with Crippen molar-refractivity contribution in [2.75, 3.05) is 5.75 Å². The van der Waals surface area contributed by atoms with Crippen LogP contribution in [-0.2, 0) is 4.79 Å². The third kappa shape index (κ3) is 5.34. The Labute approximate surface area is 135 Å². The predicted octanol–water partition coefficient (Wildman–Crippen LogP) is 3.03. The van der Waals surface area contributed by atoms with E-state index < -0.39 is 0 Å². The van der Waals surface area contributed by atoms with Gasteiger partial charge in [0, 0.05) is 23.0 Å². The van der Waals surface area contributed by atoms with Crippen LogP contribution in [0.1, 0.15) is 5.56 Å². The maximum Gasteiger partial charge on any atom is 0.250 e. The van der Waals surface area contributed by atoms with Gasteiger partial charge in [-0.05, 0) is 18.2 Å². The second-order valence-corrected chi connectivity index (χ2v) is 5.57. The number of nitrogens with one attached hydrogen (secondary N) is 1. The van der Waals surface area contributed by atoms with Gasteiger partial charge in [0.05, 0.1) is 17.0 Å². The van der Waals surface area contributed by atoms with Crippen LogP contribution in [0.2, 0.25) is 10.0 Å². The molecule has 0 aliphatic heterocycles. The molecule has 0 atom stereocenters. The number of hydrogen-bond acceptors (Lipinski definition) is 5. The average Bonchev–Trinajstić information content (AvgIpc) is 2.48. The van der Waals surface area contributed by atoms with Crippen LogP contribution in [0.5, 0.6) is 0 Å². The molecular weight excluding hydrogens is 331 g/mol. The number of benzene rings is 1. The molecule has 0 fully saturated rings. The molecule has 2 aromatic rings. The highest BCUT2D eigenvalue weighted by Crippen LogP contribution is 2.19. The highest BCUT2D eigenvalue weighted by molar-refractivity contribution is 7.99. The average molecular weight is 341 g/mol. The van der Waals surface area contributed by atoms with Crippen LogP contribution in [0, 0.1) is 0 Å². The highest BCUT2D eigenvalue weighted by Gasteiger charge is 2.03. The van der Waals surface area contributed by atoms with Crippen LogP contribution < -0.4 is 5.43 Å². The largest absolute Gasteiger partial charge is 0.272 e. The van der Waals surface area contributed by atoms with E-state index >= 15 is 0 Å². The molecule has 1 amide bonds. The molecule has 1 N–H and O–H groups in total. The molecular formula is C13H10Cl2N4OS. The Morgan fingerprint density at radius 3 is 2.81 bits per heavy atom. The van der Waals surface area contributed by atoms with Gasteiger partial charge >= 0.3 is 0 Å². The van der Waals surface area contributed by atoms with E-state index in [0.717, 1.165) is 0 Å². The van der Waals surface area contributed by atoms with E-state index in [1.165, 1.54) is 18.0 Å². The Bertz CT molecular complexity index is 652. The van der Waals surface area contributed by atoms with Crippen molar-refractivity contribution in [3.63, 3.8) is 0 Å². The first-order valence-electron chi connectivity index (χ1n) is 5.82. The van der Waals surface area contributed by atoms with Gasteiger partial charge in [-0.2, -0.15) is 5.10 Å². The number of rotatable bonds is 5. The topological polar surface area (TPSA) is 67.2 Å². The summed E-state index contributed by atoms with van der Waals surface area (Å²) in [4.78, 5) is 19.6. The second-order valence-electron chi connectivity index (χ2n) is 3.78. The molecule has 21 heavy (non-hydrogen) atoms. The predicted molar refractivity (Wildman–Crippen MR) is 85.0 cm³/mol. The van der Waals surface area contributed by atoms with Gasteiger partial charge in [-0.25, -0.2) is 15.4 Å². The summed E-state index contributed by atoms with van der Waals surface area (Å²) in [5.74, 6) is -0.0795. The SMILES string of the molecule is O=C(CSc1ncccn1)NN=Cc1ccc(Cl)cc1Cl. The van der Waals surface area contributed by atoms with Gasteiger partial charge in [0.1, 0.15) is 0 Å². The van der Waals surface area contributed by atoms with Crippen LogP contribution >= 0.6 is 35.0 Å². The van der Waals surface area contributed by atoms with Gasteiger partial charge in [0.25, 0.3) is 5.91 Å². The van der Waals surface area contributed by atoms with Crippen LogP contribution in [0.25, 0.3) is 0 Å². The van der Waals surface area contributed by atoms with Crippen LogP contribution in [0.15, 0.2) is 46.9 Å². The van der Waals surface area contributed by atoms with Crippen molar-refractivity contribution in [1.29, 1.82) is 0 Å². The number of carbonyl (C=O) groups is 1.